The number of fused-ring (bicyclic) bond motifs is 1. The summed E-state index contributed by atoms with van der Waals surface area (Å²) in [6, 6.07) is 8.24. The molecule has 1 aromatic carbocycles. The van der Waals surface area contributed by atoms with Gasteiger partial charge in [-0.05, 0) is 51.3 Å². The third kappa shape index (κ3) is 2.86. The molecule has 3 heteroatoms. The predicted octanol–water partition coefficient (Wildman–Crippen LogP) is 3.69. The van der Waals surface area contributed by atoms with Gasteiger partial charge in [0, 0.05) is 16.3 Å². The van der Waals surface area contributed by atoms with Crippen molar-refractivity contribution in [2.45, 2.75) is 12.8 Å². The number of furan rings is 1. The van der Waals surface area contributed by atoms with E-state index < -0.39 is 0 Å². The van der Waals surface area contributed by atoms with Gasteiger partial charge in [0.15, 0.2) is 0 Å². The molecule has 0 spiro atoms. The molecule has 0 amide bonds. The van der Waals surface area contributed by atoms with E-state index in [9.17, 15) is 0 Å². The minimum atomic E-state index is 0.975. The molecule has 0 saturated heterocycles. The van der Waals surface area contributed by atoms with Crippen molar-refractivity contribution >= 4 is 26.9 Å². The van der Waals surface area contributed by atoms with E-state index in [-0.39, 0.29) is 0 Å². The summed E-state index contributed by atoms with van der Waals surface area (Å²) in [5, 5.41) is 1.18. The van der Waals surface area contributed by atoms with Crippen LogP contribution in [0.4, 0.5) is 0 Å². The van der Waals surface area contributed by atoms with Crippen molar-refractivity contribution in [3.8, 4) is 0 Å². The molecule has 0 saturated carbocycles. The second kappa shape index (κ2) is 5.02. The van der Waals surface area contributed by atoms with Crippen LogP contribution in [0.3, 0.4) is 0 Å². The highest BCUT2D eigenvalue weighted by Crippen LogP contribution is 2.23. The first-order valence-electron chi connectivity index (χ1n) is 5.48. The molecule has 0 aliphatic rings. The quantitative estimate of drug-likeness (QED) is 0.850. The van der Waals surface area contributed by atoms with Crippen molar-refractivity contribution in [1.82, 2.24) is 4.90 Å². The third-order valence-corrected chi connectivity index (χ3v) is 3.05. The van der Waals surface area contributed by atoms with Crippen molar-refractivity contribution in [3.63, 3.8) is 0 Å². The van der Waals surface area contributed by atoms with Crippen LogP contribution >= 0.6 is 15.9 Å². The van der Waals surface area contributed by atoms with E-state index in [1.54, 1.807) is 0 Å². The molecule has 2 rings (SSSR count). The molecule has 16 heavy (non-hydrogen) atoms. The lowest BCUT2D eigenvalue weighted by Gasteiger charge is -2.07. The molecule has 1 aromatic heterocycles. The van der Waals surface area contributed by atoms with Gasteiger partial charge in [0.05, 0.1) is 0 Å². The normalized spacial score (nSPS) is 11.5. The largest absolute Gasteiger partial charge is 0.461 e. The molecule has 0 bridgehead atoms. The van der Waals surface area contributed by atoms with Crippen LogP contribution in [-0.2, 0) is 6.42 Å². The van der Waals surface area contributed by atoms with E-state index in [1.807, 2.05) is 12.1 Å². The lowest BCUT2D eigenvalue weighted by Crippen LogP contribution is -2.13. The van der Waals surface area contributed by atoms with Gasteiger partial charge in [0.1, 0.15) is 11.3 Å². The van der Waals surface area contributed by atoms with E-state index >= 15 is 0 Å². The Bertz CT molecular complexity index is 476. The van der Waals surface area contributed by atoms with Crippen molar-refractivity contribution in [1.29, 1.82) is 0 Å². The predicted molar refractivity (Wildman–Crippen MR) is 70.8 cm³/mol. The molecule has 2 aromatic rings. The number of aryl methyl sites for hydroxylation is 1. The topological polar surface area (TPSA) is 16.4 Å². The zero-order chi connectivity index (χ0) is 11.5. The van der Waals surface area contributed by atoms with Gasteiger partial charge < -0.3 is 9.32 Å². The fourth-order valence-electron chi connectivity index (χ4n) is 1.76. The van der Waals surface area contributed by atoms with Crippen LogP contribution in [0.1, 0.15) is 12.2 Å². The van der Waals surface area contributed by atoms with Crippen LogP contribution in [0.25, 0.3) is 11.0 Å². The van der Waals surface area contributed by atoms with Gasteiger partial charge in [-0.1, -0.05) is 15.9 Å². The maximum Gasteiger partial charge on any atom is 0.134 e. The Morgan fingerprint density at radius 3 is 2.81 bits per heavy atom. The lowest BCUT2D eigenvalue weighted by atomic mass is 10.2. The fourth-order valence-corrected chi connectivity index (χ4v) is 2.14. The number of benzene rings is 1. The highest BCUT2D eigenvalue weighted by molar-refractivity contribution is 9.10. The average molecular weight is 282 g/mol. The molecule has 0 aliphatic carbocycles. The third-order valence-electron chi connectivity index (χ3n) is 2.56. The fraction of sp³-hybridized carbons (Fsp3) is 0.385. The molecule has 0 N–H and O–H groups in total. The molecular weight excluding hydrogens is 266 g/mol. The SMILES string of the molecule is CN(C)CCCc1cc2cc(Br)ccc2o1. The van der Waals surface area contributed by atoms with E-state index in [1.165, 1.54) is 5.39 Å². The van der Waals surface area contributed by atoms with E-state index in [0.29, 0.717) is 0 Å². The monoisotopic (exact) mass is 281 g/mol. The van der Waals surface area contributed by atoms with Crippen molar-refractivity contribution in [2.75, 3.05) is 20.6 Å². The summed E-state index contributed by atoms with van der Waals surface area (Å²) < 4.78 is 6.86. The van der Waals surface area contributed by atoms with Gasteiger partial charge in [-0.25, -0.2) is 0 Å². The van der Waals surface area contributed by atoms with E-state index in [4.69, 9.17) is 4.42 Å². The Morgan fingerprint density at radius 2 is 2.06 bits per heavy atom. The zero-order valence-electron chi connectivity index (χ0n) is 9.66. The van der Waals surface area contributed by atoms with Gasteiger partial charge >= 0.3 is 0 Å². The molecule has 0 radical (unpaired) electrons. The van der Waals surface area contributed by atoms with Crippen LogP contribution in [0.5, 0.6) is 0 Å². The van der Waals surface area contributed by atoms with Gasteiger partial charge in [0.25, 0.3) is 0 Å². The van der Waals surface area contributed by atoms with Crippen LogP contribution in [-0.4, -0.2) is 25.5 Å². The van der Waals surface area contributed by atoms with Crippen LogP contribution < -0.4 is 0 Å². The molecule has 0 fully saturated rings. The molecule has 1 heterocycles. The smallest absolute Gasteiger partial charge is 0.134 e. The lowest BCUT2D eigenvalue weighted by molar-refractivity contribution is 0.392. The molecule has 0 aliphatic heterocycles. The Balaban J connectivity index is 2.08. The summed E-state index contributed by atoms with van der Waals surface area (Å²) in [6.07, 6.45) is 2.14. The first-order chi connectivity index (χ1) is 7.65. The Hall–Kier alpha value is -0.800. The van der Waals surface area contributed by atoms with Gasteiger partial charge in [-0.3, -0.25) is 0 Å². The minimum absolute atomic E-state index is 0.975. The average Bonchev–Trinajstić information content (AvgIpc) is 2.58. The van der Waals surface area contributed by atoms with Crippen LogP contribution in [0.15, 0.2) is 33.2 Å². The second-order valence-corrected chi connectivity index (χ2v) is 5.22. The summed E-state index contributed by atoms with van der Waals surface area (Å²) in [4.78, 5) is 2.19. The summed E-state index contributed by atoms with van der Waals surface area (Å²) >= 11 is 3.47. The Morgan fingerprint density at radius 1 is 1.25 bits per heavy atom. The molecule has 86 valence electrons. The Kier molecular flexibility index (Phi) is 3.66. The summed E-state index contributed by atoms with van der Waals surface area (Å²) in [6.45, 7) is 1.10. The molecule has 0 unspecified atom stereocenters. The summed E-state index contributed by atoms with van der Waals surface area (Å²) in [5.41, 5.74) is 0.975. The maximum absolute atomic E-state index is 5.77. The van der Waals surface area contributed by atoms with Gasteiger partial charge in [-0.15, -0.1) is 0 Å². The number of halogens is 1. The first kappa shape index (κ1) is 11.7. The van der Waals surface area contributed by atoms with Crippen molar-refractivity contribution in [2.24, 2.45) is 0 Å². The summed E-state index contributed by atoms with van der Waals surface area (Å²) in [5.74, 6) is 1.08. The highest BCUT2D eigenvalue weighted by Gasteiger charge is 2.04. The van der Waals surface area contributed by atoms with Gasteiger partial charge in [-0.2, -0.15) is 0 Å². The maximum atomic E-state index is 5.77. The van der Waals surface area contributed by atoms with E-state index in [0.717, 1.165) is 35.2 Å². The number of nitrogens with zero attached hydrogens (tertiary/aromatic N) is 1. The van der Waals surface area contributed by atoms with Crippen molar-refractivity contribution in [3.05, 3.63) is 34.5 Å². The van der Waals surface area contributed by atoms with Crippen molar-refractivity contribution < 1.29 is 4.42 Å². The zero-order valence-corrected chi connectivity index (χ0v) is 11.3. The number of hydrogen-bond acceptors (Lipinski definition) is 2. The molecule has 2 nitrogen and oxygen atoms in total. The molecule has 0 atom stereocenters. The minimum Gasteiger partial charge on any atom is -0.461 e. The molecular formula is C13H16BrNO. The first-order valence-corrected chi connectivity index (χ1v) is 6.27. The van der Waals surface area contributed by atoms with Gasteiger partial charge in [0.2, 0.25) is 0 Å². The Labute approximate surface area is 104 Å². The van der Waals surface area contributed by atoms with Crippen LogP contribution in [0.2, 0.25) is 0 Å². The number of hydrogen-bond donors (Lipinski definition) is 0. The highest BCUT2D eigenvalue weighted by atomic mass is 79.9. The van der Waals surface area contributed by atoms with Crippen LogP contribution in [0, 0.1) is 0 Å². The number of rotatable bonds is 4. The summed E-state index contributed by atoms with van der Waals surface area (Å²) in [7, 11) is 4.19. The van der Waals surface area contributed by atoms with E-state index in [2.05, 4.69) is 47.1 Å². The second-order valence-electron chi connectivity index (χ2n) is 4.30. The standard InChI is InChI=1S/C13H16BrNO/c1-15(2)7-3-4-12-9-10-8-11(14)5-6-13(10)16-12/h5-6,8-9H,3-4,7H2,1-2H3.